The first-order chi connectivity index (χ1) is 14.3. The van der Waals surface area contributed by atoms with Crippen LogP contribution in [0.25, 0.3) is 11.1 Å². The number of epoxide rings is 1. The Kier molecular flexibility index (Phi) is 4.67. The minimum Gasteiger partial charge on any atom is -0.356 e. The highest BCUT2D eigenvalue weighted by atomic mass is 31.2. The molecule has 142 valence electrons. The molecule has 3 heteroatoms. The van der Waals surface area contributed by atoms with Gasteiger partial charge in [0.15, 0.2) is 7.14 Å². The van der Waals surface area contributed by atoms with E-state index in [2.05, 4.69) is 36.4 Å². The highest BCUT2D eigenvalue weighted by molar-refractivity contribution is 7.79. The maximum absolute atomic E-state index is 14.3. The lowest BCUT2D eigenvalue weighted by atomic mass is 10.0. The van der Waals surface area contributed by atoms with Gasteiger partial charge in [-0.1, -0.05) is 115 Å². The molecule has 0 unspecified atom stereocenters. The van der Waals surface area contributed by atoms with Crippen LogP contribution < -0.4 is 10.6 Å². The van der Waals surface area contributed by atoms with Crippen molar-refractivity contribution in [3.05, 3.63) is 121 Å². The Morgan fingerprint density at radius 2 is 1.00 bits per heavy atom. The van der Waals surface area contributed by atoms with Gasteiger partial charge in [0.25, 0.3) is 0 Å². The van der Waals surface area contributed by atoms with Crippen molar-refractivity contribution in [2.45, 2.75) is 11.9 Å². The lowest BCUT2D eigenvalue weighted by molar-refractivity contribution is 0.401. The summed E-state index contributed by atoms with van der Waals surface area (Å²) >= 11 is 0. The predicted molar refractivity (Wildman–Crippen MR) is 119 cm³/mol. The van der Waals surface area contributed by atoms with Crippen LogP contribution in [-0.2, 0) is 9.30 Å². The summed E-state index contributed by atoms with van der Waals surface area (Å²) in [6, 6.07) is 38.2. The summed E-state index contributed by atoms with van der Waals surface area (Å²) in [5.41, 5.74) is 3.43. The van der Waals surface area contributed by atoms with Crippen molar-refractivity contribution in [1.82, 2.24) is 0 Å². The van der Waals surface area contributed by atoms with Gasteiger partial charge in [-0.3, -0.25) is 0 Å². The Bertz CT molecular complexity index is 1100. The lowest BCUT2D eigenvalue weighted by Crippen LogP contribution is -2.19. The van der Waals surface area contributed by atoms with E-state index in [4.69, 9.17) is 4.74 Å². The molecule has 0 spiro atoms. The number of benzene rings is 4. The van der Waals surface area contributed by atoms with Gasteiger partial charge in [0.1, 0.15) is 11.9 Å². The van der Waals surface area contributed by atoms with Gasteiger partial charge < -0.3 is 9.30 Å². The second-order valence-corrected chi connectivity index (χ2v) is 10.1. The van der Waals surface area contributed by atoms with E-state index in [1.165, 1.54) is 11.1 Å². The highest BCUT2D eigenvalue weighted by Crippen LogP contribution is 2.63. The molecular formula is C26H21O2P. The predicted octanol–water partition coefficient (Wildman–Crippen LogP) is 5.77. The zero-order valence-corrected chi connectivity index (χ0v) is 16.8. The third kappa shape index (κ3) is 3.35. The summed E-state index contributed by atoms with van der Waals surface area (Å²) in [5, 5.41) is 1.69. The molecule has 0 saturated carbocycles. The van der Waals surface area contributed by atoms with Crippen LogP contribution in [0.15, 0.2) is 115 Å². The molecule has 4 aromatic rings. The van der Waals surface area contributed by atoms with Gasteiger partial charge in [-0.15, -0.1) is 0 Å². The monoisotopic (exact) mass is 396 g/mol. The fraction of sp³-hybridized carbons (Fsp3) is 0.0769. The van der Waals surface area contributed by atoms with Crippen LogP contribution >= 0.6 is 7.14 Å². The molecule has 0 N–H and O–H groups in total. The van der Waals surface area contributed by atoms with E-state index in [1.54, 1.807) is 0 Å². The average Bonchev–Trinajstić information content (AvgIpc) is 3.62. The molecule has 0 aliphatic carbocycles. The topological polar surface area (TPSA) is 29.6 Å². The molecule has 4 aromatic carbocycles. The van der Waals surface area contributed by atoms with Crippen molar-refractivity contribution >= 4 is 17.8 Å². The Hall–Kier alpha value is -2.93. The van der Waals surface area contributed by atoms with Gasteiger partial charge in [0.2, 0.25) is 0 Å². The van der Waals surface area contributed by atoms with Crippen molar-refractivity contribution in [3.8, 4) is 11.1 Å². The molecule has 29 heavy (non-hydrogen) atoms. The summed E-state index contributed by atoms with van der Waals surface area (Å²) in [6.07, 6.45) is -0.147. The number of ether oxygens (including phenoxy) is 1. The normalized spacial score (nSPS) is 18.3. The minimum atomic E-state index is -2.90. The average molecular weight is 396 g/mol. The van der Waals surface area contributed by atoms with Crippen LogP contribution in [0.4, 0.5) is 0 Å². The first-order valence-electron chi connectivity index (χ1n) is 9.78. The molecule has 5 rings (SSSR count). The molecule has 0 radical (unpaired) electrons. The fourth-order valence-electron chi connectivity index (χ4n) is 3.86. The molecule has 1 heterocycles. The minimum absolute atomic E-state index is 0.147. The quantitative estimate of drug-likeness (QED) is 0.317. The van der Waals surface area contributed by atoms with E-state index in [9.17, 15) is 4.57 Å². The van der Waals surface area contributed by atoms with Crippen molar-refractivity contribution in [2.24, 2.45) is 0 Å². The number of hydrogen-bond donors (Lipinski definition) is 0. The first-order valence-corrected chi connectivity index (χ1v) is 11.6. The Labute approximate surface area is 171 Å². The van der Waals surface area contributed by atoms with Crippen LogP contribution in [0.3, 0.4) is 0 Å². The molecule has 2 atom stereocenters. The van der Waals surface area contributed by atoms with Gasteiger partial charge in [0.05, 0.1) is 0 Å². The van der Waals surface area contributed by atoms with Crippen molar-refractivity contribution in [3.63, 3.8) is 0 Å². The van der Waals surface area contributed by atoms with Gasteiger partial charge in [-0.25, -0.2) is 0 Å². The Morgan fingerprint density at radius 1 is 0.552 bits per heavy atom. The lowest BCUT2D eigenvalue weighted by Gasteiger charge is -2.17. The van der Waals surface area contributed by atoms with Crippen molar-refractivity contribution < 1.29 is 9.30 Å². The molecule has 0 bridgehead atoms. The first kappa shape index (κ1) is 18.1. The van der Waals surface area contributed by atoms with Crippen LogP contribution in [-0.4, -0.2) is 5.85 Å². The summed E-state index contributed by atoms with van der Waals surface area (Å²) in [5.74, 6) is -0.324. The molecule has 0 amide bonds. The fourth-order valence-corrected chi connectivity index (χ4v) is 6.83. The molecule has 0 aromatic heterocycles. The van der Waals surface area contributed by atoms with Gasteiger partial charge in [-0.2, -0.15) is 0 Å². The molecule has 1 fully saturated rings. The van der Waals surface area contributed by atoms with E-state index in [0.717, 1.165) is 16.2 Å². The van der Waals surface area contributed by atoms with E-state index in [0.29, 0.717) is 0 Å². The maximum Gasteiger partial charge on any atom is 0.173 e. The summed E-state index contributed by atoms with van der Waals surface area (Å²) in [4.78, 5) is 0. The second-order valence-electron chi connectivity index (χ2n) is 7.26. The molecule has 1 saturated heterocycles. The van der Waals surface area contributed by atoms with E-state index in [-0.39, 0.29) is 11.9 Å². The second kappa shape index (κ2) is 7.48. The third-order valence-corrected chi connectivity index (χ3v) is 8.69. The van der Waals surface area contributed by atoms with Crippen molar-refractivity contribution in [1.29, 1.82) is 0 Å². The van der Waals surface area contributed by atoms with Gasteiger partial charge in [0, 0.05) is 10.6 Å². The zero-order valence-electron chi connectivity index (χ0n) is 15.9. The Morgan fingerprint density at radius 3 is 1.52 bits per heavy atom. The molecule has 1 aliphatic heterocycles. The molecular weight excluding hydrogens is 375 g/mol. The van der Waals surface area contributed by atoms with Crippen LogP contribution in [0, 0.1) is 0 Å². The third-order valence-electron chi connectivity index (χ3n) is 5.45. The highest BCUT2D eigenvalue weighted by Gasteiger charge is 2.54. The van der Waals surface area contributed by atoms with Crippen LogP contribution in [0.2, 0.25) is 0 Å². The maximum atomic E-state index is 14.3. The molecule has 2 nitrogen and oxygen atoms in total. The van der Waals surface area contributed by atoms with E-state index in [1.807, 2.05) is 78.9 Å². The van der Waals surface area contributed by atoms with Crippen molar-refractivity contribution in [2.75, 3.05) is 0 Å². The standard InChI is InChI=1S/C26H21O2P/c27-29(23-12-6-2-7-13-23,24-14-8-3-9-15-24)26-25(28-26)22-18-16-21(17-19-22)20-10-4-1-5-11-20/h1-19,25-26H/t25-,26-/m1/s1. The largest absolute Gasteiger partial charge is 0.356 e. The Balaban J connectivity index is 1.47. The number of rotatable bonds is 5. The van der Waals surface area contributed by atoms with E-state index < -0.39 is 7.14 Å². The summed E-state index contributed by atoms with van der Waals surface area (Å²) in [7, 11) is -2.90. The summed E-state index contributed by atoms with van der Waals surface area (Å²) in [6.45, 7) is 0. The zero-order chi connectivity index (χ0) is 19.7. The van der Waals surface area contributed by atoms with Gasteiger partial charge >= 0.3 is 0 Å². The summed E-state index contributed by atoms with van der Waals surface area (Å²) < 4.78 is 20.4. The van der Waals surface area contributed by atoms with Gasteiger partial charge in [-0.05, 0) is 16.7 Å². The van der Waals surface area contributed by atoms with Crippen LogP contribution in [0.5, 0.6) is 0 Å². The smallest absolute Gasteiger partial charge is 0.173 e. The van der Waals surface area contributed by atoms with E-state index >= 15 is 0 Å². The number of hydrogen-bond acceptors (Lipinski definition) is 2. The molecule has 1 aliphatic rings. The SMILES string of the molecule is O=P(c1ccccc1)(c1ccccc1)[C@H]1O[C@@H]1c1ccc(-c2ccccc2)cc1. The van der Waals surface area contributed by atoms with Crippen LogP contribution in [0.1, 0.15) is 11.7 Å².